The number of hydrogen-bond acceptors (Lipinski definition) is 5. The lowest BCUT2D eigenvalue weighted by Crippen LogP contribution is -2.45. The average molecular weight is 293 g/mol. The van der Waals surface area contributed by atoms with Crippen LogP contribution >= 0.6 is 0 Å². The fourth-order valence-corrected chi connectivity index (χ4v) is 1.99. The summed E-state index contributed by atoms with van der Waals surface area (Å²) in [6.07, 6.45) is 0. The van der Waals surface area contributed by atoms with Gasteiger partial charge in [-0.3, -0.25) is 4.79 Å². The Balaban J connectivity index is 2.10. The smallest absolute Gasteiger partial charge is 0.328 e. The van der Waals surface area contributed by atoms with Gasteiger partial charge in [-0.1, -0.05) is 13.8 Å². The van der Waals surface area contributed by atoms with Crippen LogP contribution in [0, 0.1) is 5.92 Å². The Hall–Kier alpha value is -2.24. The second-order valence-corrected chi connectivity index (χ2v) is 5.02. The van der Waals surface area contributed by atoms with Gasteiger partial charge in [0.05, 0.1) is 6.61 Å². The summed E-state index contributed by atoms with van der Waals surface area (Å²) in [5, 5.41) is 2.70. The lowest BCUT2D eigenvalue weighted by molar-refractivity contribution is -0.146. The van der Waals surface area contributed by atoms with E-state index in [0.717, 1.165) is 0 Å². The van der Waals surface area contributed by atoms with E-state index < -0.39 is 12.0 Å². The van der Waals surface area contributed by atoms with Gasteiger partial charge in [-0.2, -0.15) is 0 Å². The van der Waals surface area contributed by atoms with E-state index in [1.54, 1.807) is 25.1 Å². The van der Waals surface area contributed by atoms with E-state index in [4.69, 9.17) is 14.2 Å². The largest absolute Gasteiger partial charge is 0.464 e. The summed E-state index contributed by atoms with van der Waals surface area (Å²) in [6, 6.07) is 4.22. The number of esters is 1. The molecule has 1 amide bonds. The molecule has 0 radical (unpaired) electrons. The Morgan fingerprint density at radius 3 is 2.67 bits per heavy atom. The number of benzene rings is 1. The van der Waals surface area contributed by atoms with E-state index in [-0.39, 0.29) is 25.2 Å². The van der Waals surface area contributed by atoms with Crippen LogP contribution in [-0.2, 0) is 9.53 Å². The number of nitrogens with one attached hydrogen (secondary N) is 1. The fourth-order valence-electron chi connectivity index (χ4n) is 1.99. The Morgan fingerprint density at radius 1 is 1.29 bits per heavy atom. The highest BCUT2D eigenvalue weighted by atomic mass is 16.7. The molecule has 6 heteroatoms. The van der Waals surface area contributed by atoms with E-state index in [0.29, 0.717) is 17.1 Å². The van der Waals surface area contributed by atoms with Crippen LogP contribution in [0.4, 0.5) is 0 Å². The zero-order chi connectivity index (χ0) is 15.4. The summed E-state index contributed by atoms with van der Waals surface area (Å²) in [5.41, 5.74) is 0.411. The van der Waals surface area contributed by atoms with Crippen LogP contribution in [0.25, 0.3) is 0 Å². The monoisotopic (exact) mass is 293 g/mol. The summed E-state index contributed by atoms with van der Waals surface area (Å²) in [4.78, 5) is 24.1. The zero-order valence-electron chi connectivity index (χ0n) is 12.3. The maximum Gasteiger partial charge on any atom is 0.328 e. The van der Waals surface area contributed by atoms with Crippen LogP contribution in [0.1, 0.15) is 31.1 Å². The first-order valence-corrected chi connectivity index (χ1v) is 6.90. The van der Waals surface area contributed by atoms with Crippen LogP contribution < -0.4 is 14.8 Å². The number of carbonyl (C=O) groups is 2. The molecule has 0 aromatic heterocycles. The van der Waals surface area contributed by atoms with Crippen LogP contribution in [0.2, 0.25) is 0 Å². The highest BCUT2D eigenvalue weighted by Gasteiger charge is 2.26. The predicted octanol–water partition coefficient (Wildman–Crippen LogP) is 1.73. The van der Waals surface area contributed by atoms with Gasteiger partial charge in [0.1, 0.15) is 6.04 Å². The minimum atomic E-state index is -0.678. The first-order valence-electron chi connectivity index (χ1n) is 6.90. The summed E-state index contributed by atoms with van der Waals surface area (Å²) in [6.45, 7) is 5.86. The van der Waals surface area contributed by atoms with E-state index in [9.17, 15) is 9.59 Å². The Morgan fingerprint density at radius 2 is 2.00 bits per heavy atom. The highest BCUT2D eigenvalue weighted by Crippen LogP contribution is 2.32. The molecule has 0 spiro atoms. The summed E-state index contributed by atoms with van der Waals surface area (Å²) in [7, 11) is 0. The zero-order valence-corrected chi connectivity index (χ0v) is 12.3. The van der Waals surface area contributed by atoms with E-state index in [1.807, 2.05) is 13.8 Å². The summed E-state index contributed by atoms with van der Waals surface area (Å²) in [5.74, 6) is 0.292. The second-order valence-electron chi connectivity index (χ2n) is 5.02. The molecular weight excluding hydrogens is 274 g/mol. The molecule has 1 aliphatic rings. The fraction of sp³-hybridized carbons (Fsp3) is 0.467. The van der Waals surface area contributed by atoms with Gasteiger partial charge in [-0.25, -0.2) is 4.79 Å². The molecule has 0 bridgehead atoms. The first kappa shape index (κ1) is 15.2. The van der Waals surface area contributed by atoms with Crippen molar-refractivity contribution in [2.75, 3.05) is 13.4 Å². The molecule has 2 rings (SSSR count). The number of rotatable bonds is 5. The topological polar surface area (TPSA) is 73.9 Å². The van der Waals surface area contributed by atoms with Gasteiger partial charge in [0, 0.05) is 5.56 Å². The molecule has 6 nitrogen and oxygen atoms in total. The molecule has 1 N–H and O–H groups in total. The van der Waals surface area contributed by atoms with Crippen molar-refractivity contribution in [1.82, 2.24) is 5.32 Å². The Bertz CT molecular complexity index is 541. The van der Waals surface area contributed by atoms with Gasteiger partial charge in [0.25, 0.3) is 5.91 Å². The SMILES string of the molecule is CCOC(=O)[C@H](NC(=O)c1ccc2c(c1)OCO2)C(C)C. The molecule has 1 atom stereocenters. The van der Waals surface area contributed by atoms with Crippen molar-refractivity contribution in [3.8, 4) is 11.5 Å². The number of hydrogen-bond donors (Lipinski definition) is 1. The highest BCUT2D eigenvalue weighted by molar-refractivity contribution is 5.97. The van der Waals surface area contributed by atoms with Crippen molar-refractivity contribution in [1.29, 1.82) is 0 Å². The van der Waals surface area contributed by atoms with Crippen molar-refractivity contribution >= 4 is 11.9 Å². The molecule has 0 aliphatic carbocycles. The van der Waals surface area contributed by atoms with Gasteiger partial charge in [-0.15, -0.1) is 0 Å². The minimum Gasteiger partial charge on any atom is -0.464 e. The maximum atomic E-state index is 12.3. The van der Waals surface area contributed by atoms with Crippen molar-refractivity contribution < 1.29 is 23.8 Å². The van der Waals surface area contributed by atoms with Gasteiger partial charge in [0.15, 0.2) is 11.5 Å². The number of amides is 1. The first-order chi connectivity index (χ1) is 10.0. The molecule has 114 valence electrons. The second kappa shape index (κ2) is 6.47. The molecule has 0 saturated heterocycles. The van der Waals surface area contributed by atoms with Gasteiger partial charge < -0.3 is 19.5 Å². The third-order valence-electron chi connectivity index (χ3n) is 3.13. The molecule has 0 saturated carbocycles. The number of fused-ring (bicyclic) bond motifs is 1. The van der Waals surface area contributed by atoms with E-state index in [1.165, 1.54) is 0 Å². The van der Waals surface area contributed by atoms with Gasteiger partial charge in [0.2, 0.25) is 6.79 Å². The lowest BCUT2D eigenvalue weighted by atomic mass is 10.0. The molecule has 1 aromatic carbocycles. The molecular formula is C15H19NO5. The van der Waals surface area contributed by atoms with Crippen LogP contribution in [0.5, 0.6) is 11.5 Å². The molecule has 1 heterocycles. The maximum absolute atomic E-state index is 12.3. The average Bonchev–Trinajstić information content (AvgIpc) is 2.91. The van der Waals surface area contributed by atoms with Crippen molar-refractivity contribution in [3.63, 3.8) is 0 Å². The molecule has 0 fully saturated rings. The molecule has 21 heavy (non-hydrogen) atoms. The van der Waals surface area contributed by atoms with Gasteiger partial charge >= 0.3 is 5.97 Å². The lowest BCUT2D eigenvalue weighted by Gasteiger charge is -2.20. The van der Waals surface area contributed by atoms with Crippen LogP contribution in [-0.4, -0.2) is 31.3 Å². The summed E-state index contributed by atoms with van der Waals surface area (Å²) < 4.78 is 15.4. The molecule has 1 aromatic rings. The van der Waals surface area contributed by atoms with Crippen LogP contribution in [0.3, 0.4) is 0 Å². The Kier molecular flexibility index (Phi) is 4.67. The van der Waals surface area contributed by atoms with Crippen molar-refractivity contribution in [2.24, 2.45) is 5.92 Å². The molecule has 0 unspecified atom stereocenters. The van der Waals surface area contributed by atoms with Crippen molar-refractivity contribution in [2.45, 2.75) is 26.8 Å². The number of ether oxygens (including phenoxy) is 3. The summed E-state index contributed by atoms with van der Waals surface area (Å²) >= 11 is 0. The standard InChI is InChI=1S/C15H19NO5/c1-4-19-15(18)13(9(2)3)16-14(17)10-5-6-11-12(7-10)21-8-20-11/h5-7,9,13H,4,8H2,1-3H3,(H,16,17)/t13-/m1/s1. The third kappa shape index (κ3) is 3.45. The minimum absolute atomic E-state index is 0.0676. The van der Waals surface area contributed by atoms with Gasteiger partial charge in [-0.05, 0) is 31.0 Å². The van der Waals surface area contributed by atoms with E-state index in [2.05, 4.69) is 5.32 Å². The molecule has 1 aliphatic heterocycles. The predicted molar refractivity (Wildman–Crippen MR) is 75.3 cm³/mol. The number of carbonyl (C=O) groups excluding carboxylic acids is 2. The normalized spacial score (nSPS) is 13.9. The Labute approximate surface area is 123 Å². The van der Waals surface area contributed by atoms with Crippen LogP contribution in [0.15, 0.2) is 18.2 Å². The van der Waals surface area contributed by atoms with E-state index >= 15 is 0 Å². The quantitative estimate of drug-likeness (QED) is 0.837. The van der Waals surface area contributed by atoms with Crippen molar-refractivity contribution in [3.05, 3.63) is 23.8 Å². The third-order valence-corrected chi connectivity index (χ3v) is 3.13.